The highest BCUT2D eigenvalue weighted by atomic mass is 32.1. The second kappa shape index (κ2) is 3.01. The van der Waals surface area contributed by atoms with Gasteiger partial charge in [0.25, 0.3) is 7.41 Å². The summed E-state index contributed by atoms with van der Waals surface area (Å²) >= 11 is 4.01. The number of nitrogens with zero attached hydrogens (tertiary/aromatic N) is 1. The summed E-state index contributed by atoms with van der Waals surface area (Å²) in [7, 11) is 0.759. The average molecular weight is 144 g/mol. The number of hydrogen-bond acceptors (Lipinski definition) is 2. The molecule has 0 aromatic carbocycles. The summed E-state index contributed by atoms with van der Waals surface area (Å²) in [6, 6.07) is 0.0454. The summed E-state index contributed by atoms with van der Waals surface area (Å²) in [5.74, 6) is 0. The first-order chi connectivity index (χ1) is 4.34. The van der Waals surface area contributed by atoms with Crippen LogP contribution in [0.2, 0.25) is 0 Å². The van der Waals surface area contributed by atoms with Crippen LogP contribution in [0, 0.1) is 0 Å². The molecule has 0 bridgehead atoms. The van der Waals surface area contributed by atoms with Crippen LogP contribution in [0.5, 0.6) is 0 Å². The van der Waals surface area contributed by atoms with Crippen LogP contribution in [0.1, 0.15) is 0 Å². The van der Waals surface area contributed by atoms with E-state index in [-0.39, 0.29) is 6.03 Å². The third kappa shape index (κ3) is 1.54. The Labute approximate surface area is 60.5 Å². The lowest BCUT2D eigenvalue weighted by Gasteiger charge is -2.09. The van der Waals surface area contributed by atoms with Crippen LogP contribution in [-0.2, 0) is 0 Å². The van der Waals surface area contributed by atoms with Gasteiger partial charge in [-0.3, -0.25) is 4.79 Å². The van der Waals surface area contributed by atoms with Gasteiger partial charge in [-0.15, -0.1) is 0 Å². The highest BCUT2D eigenvalue weighted by Crippen LogP contribution is 1.93. The quantitative estimate of drug-likeness (QED) is 0.388. The summed E-state index contributed by atoms with van der Waals surface area (Å²) in [6.45, 7) is 1.62. The molecule has 0 aromatic heterocycles. The van der Waals surface area contributed by atoms with E-state index in [9.17, 15) is 4.79 Å². The molecular weight excluding hydrogens is 135 g/mol. The van der Waals surface area contributed by atoms with E-state index in [0.717, 1.165) is 26.2 Å². The fourth-order valence-electron chi connectivity index (χ4n) is 0.845. The van der Waals surface area contributed by atoms with Gasteiger partial charge >= 0.3 is 6.03 Å². The molecule has 0 radical (unpaired) electrons. The predicted octanol–water partition coefficient (Wildman–Crippen LogP) is -0.750. The lowest BCUT2D eigenvalue weighted by molar-refractivity contribution is 0.236. The van der Waals surface area contributed by atoms with Crippen molar-refractivity contribution in [1.82, 2.24) is 10.1 Å². The molecule has 1 heterocycles. The molecule has 5 heteroatoms. The summed E-state index contributed by atoms with van der Waals surface area (Å²) in [5.41, 5.74) is 0.743. The highest BCUT2D eigenvalue weighted by Gasteiger charge is 2.17. The number of urea groups is 1. The molecule has 50 valence electrons. The van der Waals surface area contributed by atoms with Crippen LogP contribution in [0.4, 0.5) is 4.79 Å². The van der Waals surface area contributed by atoms with Crippen molar-refractivity contribution in [1.29, 1.82) is 0 Å². The number of carbonyl (C=O) groups excluding carboxylic acids is 1. The minimum Gasteiger partial charge on any atom is -0.370 e. The topological polar surface area (TPSA) is 32.3 Å². The van der Waals surface area contributed by atoms with Gasteiger partial charge in [0.05, 0.1) is 0 Å². The number of thiol groups is 1. The number of rotatable bonds is 2. The zero-order valence-corrected chi connectivity index (χ0v) is 6.03. The molecule has 0 saturated carbocycles. The van der Waals surface area contributed by atoms with Crippen LogP contribution >= 0.6 is 12.6 Å². The molecule has 1 fully saturated rings. The molecule has 9 heavy (non-hydrogen) atoms. The fourth-order valence-corrected chi connectivity index (χ4v) is 1.09. The number of amides is 2. The molecule has 0 atom stereocenters. The Morgan fingerprint density at radius 2 is 2.67 bits per heavy atom. The fraction of sp³-hybridized carbons (Fsp3) is 0.750. The van der Waals surface area contributed by atoms with Crippen molar-refractivity contribution in [2.24, 2.45) is 0 Å². The zero-order valence-electron chi connectivity index (χ0n) is 5.13. The molecule has 1 N–H and O–H groups in total. The lowest BCUT2D eigenvalue weighted by atomic mass is 9.97. The van der Waals surface area contributed by atoms with E-state index in [4.69, 9.17) is 0 Å². The summed E-state index contributed by atoms with van der Waals surface area (Å²) in [5, 5.41) is 2.71. The van der Waals surface area contributed by atoms with Crippen molar-refractivity contribution >= 4 is 26.1 Å². The minimum atomic E-state index is 0.0454. The predicted molar refractivity (Wildman–Crippen MR) is 41.1 cm³/mol. The Bertz CT molecular complexity index is 121. The van der Waals surface area contributed by atoms with E-state index in [2.05, 4.69) is 17.9 Å². The molecule has 3 nitrogen and oxygen atoms in total. The molecule has 1 aliphatic rings. The van der Waals surface area contributed by atoms with Crippen molar-refractivity contribution in [2.75, 3.05) is 18.7 Å². The van der Waals surface area contributed by atoms with Gasteiger partial charge < -0.3 is 10.1 Å². The molecule has 0 aliphatic carbocycles. The standard InChI is InChI=1S/C4H9BN2OS/c8-4-6-1-2-7(4)5-3-9/h5,9H,1-3H2,(H,6,8). The monoisotopic (exact) mass is 144 g/mol. The van der Waals surface area contributed by atoms with Crippen LogP contribution < -0.4 is 5.32 Å². The van der Waals surface area contributed by atoms with E-state index in [1.807, 2.05) is 0 Å². The first kappa shape index (κ1) is 6.80. The van der Waals surface area contributed by atoms with E-state index >= 15 is 0 Å². The Kier molecular flexibility index (Phi) is 2.27. The zero-order chi connectivity index (χ0) is 6.69. The first-order valence-corrected chi connectivity index (χ1v) is 3.61. The van der Waals surface area contributed by atoms with Gasteiger partial charge in [-0.2, -0.15) is 12.6 Å². The maximum Gasteiger partial charge on any atom is 0.305 e. The van der Waals surface area contributed by atoms with Gasteiger partial charge in [-0.05, 0) is 5.65 Å². The Morgan fingerprint density at radius 3 is 3.11 bits per heavy atom. The molecule has 2 amide bonds. The summed E-state index contributed by atoms with van der Waals surface area (Å²) in [4.78, 5) is 12.5. The maximum atomic E-state index is 10.7. The second-order valence-corrected chi connectivity index (χ2v) is 2.39. The summed E-state index contributed by atoms with van der Waals surface area (Å²) < 4.78 is 0. The van der Waals surface area contributed by atoms with Crippen molar-refractivity contribution in [3.63, 3.8) is 0 Å². The van der Waals surface area contributed by atoms with Crippen LogP contribution in [0.25, 0.3) is 0 Å². The van der Waals surface area contributed by atoms with E-state index in [1.165, 1.54) is 0 Å². The lowest BCUT2D eigenvalue weighted by Crippen LogP contribution is -2.32. The molecule has 0 aromatic rings. The van der Waals surface area contributed by atoms with Gasteiger partial charge in [0.1, 0.15) is 0 Å². The minimum absolute atomic E-state index is 0.0454. The highest BCUT2D eigenvalue weighted by molar-refractivity contribution is 7.81. The Balaban J connectivity index is 2.31. The largest absolute Gasteiger partial charge is 0.370 e. The van der Waals surface area contributed by atoms with Crippen molar-refractivity contribution in [3.8, 4) is 0 Å². The number of carbonyl (C=O) groups is 1. The summed E-state index contributed by atoms with van der Waals surface area (Å²) in [6.07, 6.45) is 0. The third-order valence-corrected chi connectivity index (χ3v) is 1.52. The number of hydrogen-bond donors (Lipinski definition) is 2. The third-order valence-electron chi connectivity index (χ3n) is 1.32. The molecule has 1 rings (SSSR count). The molecule has 1 aliphatic heterocycles. The maximum absolute atomic E-state index is 10.7. The normalized spacial score (nSPS) is 17.9. The van der Waals surface area contributed by atoms with Gasteiger partial charge in [0, 0.05) is 13.1 Å². The van der Waals surface area contributed by atoms with Crippen molar-refractivity contribution < 1.29 is 4.79 Å². The smallest absolute Gasteiger partial charge is 0.305 e. The van der Waals surface area contributed by atoms with Crippen LogP contribution in [0.3, 0.4) is 0 Å². The molecule has 0 spiro atoms. The van der Waals surface area contributed by atoms with Gasteiger partial charge in [0.15, 0.2) is 0 Å². The average Bonchev–Trinajstić information content (AvgIpc) is 2.18. The van der Waals surface area contributed by atoms with Crippen molar-refractivity contribution in [2.45, 2.75) is 0 Å². The van der Waals surface area contributed by atoms with Gasteiger partial charge in [-0.25, -0.2) is 0 Å². The van der Waals surface area contributed by atoms with E-state index in [0.29, 0.717) is 0 Å². The molecule has 0 unspecified atom stereocenters. The van der Waals surface area contributed by atoms with E-state index < -0.39 is 0 Å². The SMILES string of the molecule is O=C1NCCN1BCS. The van der Waals surface area contributed by atoms with Gasteiger partial charge in [-0.1, -0.05) is 0 Å². The Hall–Kier alpha value is -0.315. The first-order valence-electron chi connectivity index (χ1n) is 2.98. The molecule has 1 saturated heterocycles. The van der Waals surface area contributed by atoms with Crippen LogP contribution in [0.15, 0.2) is 0 Å². The second-order valence-electron chi connectivity index (χ2n) is 1.94. The molecular formula is C4H9BN2OS. The van der Waals surface area contributed by atoms with Crippen molar-refractivity contribution in [3.05, 3.63) is 0 Å². The van der Waals surface area contributed by atoms with E-state index in [1.54, 1.807) is 4.81 Å². The van der Waals surface area contributed by atoms with Gasteiger partial charge in [0.2, 0.25) is 0 Å². The van der Waals surface area contributed by atoms with Crippen LogP contribution in [-0.4, -0.2) is 37.0 Å². The number of nitrogens with one attached hydrogen (secondary N) is 1. The Morgan fingerprint density at radius 1 is 1.89 bits per heavy atom.